The highest BCUT2D eigenvalue weighted by molar-refractivity contribution is 5.38. The van der Waals surface area contributed by atoms with Gasteiger partial charge in [0.05, 0.1) is 12.6 Å². The maximum atomic E-state index is 9.37. The topological polar surface area (TPSA) is 72.7 Å². The molecule has 0 fully saturated rings. The van der Waals surface area contributed by atoms with E-state index in [4.69, 9.17) is 0 Å². The molecular weight excluding hydrogens is 206 g/mol. The molecule has 1 unspecified atom stereocenters. The standard InChI is InChI=1S/C12H19NO3/c1-12(2,3)13-11(7-14)8-4-9(15)6-10(16)5-8/h4-6,11,13-16H,7H2,1-3H3. The van der Waals surface area contributed by atoms with Gasteiger partial charge < -0.3 is 20.6 Å². The Bertz CT molecular complexity index is 338. The zero-order valence-electron chi connectivity index (χ0n) is 9.86. The molecule has 90 valence electrons. The van der Waals surface area contributed by atoms with Crippen LogP contribution in [0.15, 0.2) is 18.2 Å². The molecule has 0 aliphatic carbocycles. The van der Waals surface area contributed by atoms with Crippen LogP contribution in [0.4, 0.5) is 0 Å². The van der Waals surface area contributed by atoms with Crippen LogP contribution in [0.25, 0.3) is 0 Å². The lowest BCUT2D eigenvalue weighted by atomic mass is 10.0. The smallest absolute Gasteiger partial charge is 0.119 e. The summed E-state index contributed by atoms with van der Waals surface area (Å²) in [4.78, 5) is 0. The lowest BCUT2D eigenvalue weighted by molar-refractivity contribution is 0.217. The molecule has 0 aliphatic heterocycles. The van der Waals surface area contributed by atoms with Crippen molar-refractivity contribution in [1.82, 2.24) is 5.32 Å². The van der Waals surface area contributed by atoms with E-state index in [2.05, 4.69) is 5.32 Å². The Labute approximate surface area is 95.6 Å². The fraction of sp³-hybridized carbons (Fsp3) is 0.500. The van der Waals surface area contributed by atoms with Gasteiger partial charge >= 0.3 is 0 Å². The van der Waals surface area contributed by atoms with E-state index in [1.165, 1.54) is 18.2 Å². The summed E-state index contributed by atoms with van der Waals surface area (Å²) in [6.45, 7) is 5.86. The van der Waals surface area contributed by atoms with Crippen molar-refractivity contribution in [3.63, 3.8) is 0 Å². The molecule has 0 saturated carbocycles. The van der Waals surface area contributed by atoms with E-state index in [0.717, 1.165) is 0 Å². The number of rotatable bonds is 3. The highest BCUT2D eigenvalue weighted by Crippen LogP contribution is 2.25. The third kappa shape index (κ3) is 3.72. The average molecular weight is 225 g/mol. The molecular formula is C12H19NO3. The Morgan fingerprint density at radius 3 is 2.00 bits per heavy atom. The average Bonchev–Trinajstić information content (AvgIpc) is 2.11. The summed E-state index contributed by atoms with van der Waals surface area (Å²) in [5.74, 6) is -0.0201. The minimum atomic E-state index is -0.307. The number of aliphatic hydroxyl groups is 1. The molecule has 0 radical (unpaired) electrons. The quantitative estimate of drug-likeness (QED) is 0.629. The van der Waals surface area contributed by atoms with Crippen molar-refractivity contribution < 1.29 is 15.3 Å². The van der Waals surface area contributed by atoms with Crippen molar-refractivity contribution >= 4 is 0 Å². The molecule has 0 aromatic heterocycles. The second-order valence-corrected chi connectivity index (χ2v) is 4.91. The monoisotopic (exact) mass is 225 g/mol. The largest absolute Gasteiger partial charge is 0.508 e. The normalized spacial score (nSPS) is 13.8. The molecule has 0 spiro atoms. The predicted molar refractivity (Wildman–Crippen MR) is 62.5 cm³/mol. The van der Waals surface area contributed by atoms with Gasteiger partial charge in [0.15, 0.2) is 0 Å². The van der Waals surface area contributed by atoms with Gasteiger partial charge in [-0.15, -0.1) is 0 Å². The highest BCUT2D eigenvalue weighted by Gasteiger charge is 2.18. The third-order valence-corrected chi connectivity index (χ3v) is 2.12. The van der Waals surface area contributed by atoms with Crippen LogP contribution in [-0.4, -0.2) is 27.5 Å². The van der Waals surface area contributed by atoms with Crippen LogP contribution in [0.5, 0.6) is 11.5 Å². The molecule has 4 nitrogen and oxygen atoms in total. The Morgan fingerprint density at radius 1 is 1.12 bits per heavy atom. The third-order valence-electron chi connectivity index (χ3n) is 2.12. The lowest BCUT2D eigenvalue weighted by Crippen LogP contribution is -2.40. The molecule has 1 aromatic rings. The Morgan fingerprint density at radius 2 is 1.62 bits per heavy atom. The molecule has 0 heterocycles. The van der Waals surface area contributed by atoms with Crippen molar-refractivity contribution in [2.24, 2.45) is 0 Å². The van der Waals surface area contributed by atoms with Crippen LogP contribution in [0.1, 0.15) is 32.4 Å². The first-order chi connectivity index (χ1) is 7.31. The molecule has 1 atom stereocenters. The van der Waals surface area contributed by atoms with Crippen molar-refractivity contribution in [3.05, 3.63) is 23.8 Å². The molecule has 4 N–H and O–H groups in total. The molecule has 0 aliphatic rings. The van der Waals surface area contributed by atoms with E-state index >= 15 is 0 Å². The van der Waals surface area contributed by atoms with E-state index < -0.39 is 0 Å². The summed E-state index contributed by atoms with van der Waals surface area (Å²) >= 11 is 0. The van der Waals surface area contributed by atoms with E-state index in [1.807, 2.05) is 20.8 Å². The van der Waals surface area contributed by atoms with Crippen molar-refractivity contribution in [2.45, 2.75) is 32.4 Å². The second-order valence-electron chi connectivity index (χ2n) is 4.91. The fourth-order valence-corrected chi connectivity index (χ4v) is 1.58. The molecule has 0 amide bonds. The van der Waals surface area contributed by atoms with Crippen LogP contribution in [-0.2, 0) is 0 Å². The van der Waals surface area contributed by atoms with Gasteiger partial charge in [0.25, 0.3) is 0 Å². The summed E-state index contributed by atoms with van der Waals surface area (Å²) in [5.41, 5.74) is 0.504. The van der Waals surface area contributed by atoms with Gasteiger partial charge in [-0.25, -0.2) is 0 Å². The van der Waals surface area contributed by atoms with E-state index in [-0.39, 0.29) is 29.7 Å². The lowest BCUT2D eigenvalue weighted by Gasteiger charge is -2.27. The number of aromatic hydroxyl groups is 2. The summed E-state index contributed by atoms with van der Waals surface area (Å²) < 4.78 is 0. The van der Waals surface area contributed by atoms with Crippen LogP contribution in [0.2, 0.25) is 0 Å². The van der Waals surface area contributed by atoms with E-state index in [0.29, 0.717) is 5.56 Å². The summed E-state index contributed by atoms with van der Waals surface area (Å²) in [6.07, 6.45) is 0. The zero-order valence-corrected chi connectivity index (χ0v) is 9.86. The minimum Gasteiger partial charge on any atom is -0.508 e. The van der Waals surface area contributed by atoms with Crippen LogP contribution >= 0.6 is 0 Å². The highest BCUT2D eigenvalue weighted by atomic mass is 16.3. The van der Waals surface area contributed by atoms with Gasteiger partial charge in [-0.3, -0.25) is 0 Å². The van der Waals surface area contributed by atoms with Crippen LogP contribution < -0.4 is 5.32 Å². The van der Waals surface area contributed by atoms with Crippen LogP contribution in [0.3, 0.4) is 0 Å². The minimum absolute atomic E-state index is 0.0100. The summed E-state index contributed by atoms with van der Waals surface area (Å²) in [6, 6.07) is 4.01. The molecule has 1 rings (SSSR count). The summed E-state index contributed by atoms with van der Waals surface area (Å²) in [7, 11) is 0. The van der Waals surface area contributed by atoms with Crippen molar-refractivity contribution in [3.8, 4) is 11.5 Å². The number of phenolic OH excluding ortho intramolecular Hbond substituents is 2. The Kier molecular flexibility index (Phi) is 3.78. The number of phenols is 2. The number of aliphatic hydroxyl groups excluding tert-OH is 1. The molecule has 16 heavy (non-hydrogen) atoms. The maximum absolute atomic E-state index is 9.37. The zero-order chi connectivity index (χ0) is 12.3. The Hall–Kier alpha value is -1.26. The molecule has 4 heteroatoms. The number of hydrogen-bond donors (Lipinski definition) is 4. The first-order valence-electron chi connectivity index (χ1n) is 5.23. The maximum Gasteiger partial charge on any atom is 0.119 e. The SMILES string of the molecule is CC(C)(C)NC(CO)c1cc(O)cc(O)c1. The molecule has 0 bridgehead atoms. The predicted octanol–water partition coefficient (Wildman–Crippen LogP) is 1.52. The van der Waals surface area contributed by atoms with Gasteiger partial charge in [0.2, 0.25) is 0 Å². The van der Waals surface area contributed by atoms with Crippen molar-refractivity contribution in [2.75, 3.05) is 6.61 Å². The molecule has 1 aromatic carbocycles. The number of hydrogen-bond acceptors (Lipinski definition) is 4. The van der Waals surface area contributed by atoms with Gasteiger partial charge in [0.1, 0.15) is 11.5 Å². The first-order valence-corrected chi connectivity index (χ1v) is 5.23. The first kappa shape index (κ1) is 12.8. The van der Waals surface area contributed by atoms with Gasteiger partial charge in [-0.05, 0) is 38.5 Å². The van der Waals surface area contributed by atoms with E-state index in [1.54, 1.807) is 0 Å². The fourth-order valence-electron chi connectivity index (χ4n) is 1.58. The van der Waals surface area contributed by atoms with Gasteiger partial charge in [0, 0.05) is 11.6 Å². The van der Waals surface area contributed by atoms with Gasteiger partial charge in [-0.1, -0.05) is 0 Å². The van der Waals surface area contributed by atoms with Gasteiger partial charge in [-0.2, -0.15) is 0 Å². The van der Waals surface area contributed by atoms with E-state index in [9.17, 15) is 15.3 Å². The molecule has 0 saturated heterocycles. The summed E-state index contributed by atoms with van der Waals surface area (Å²) in [5, 5.41) is 31.2. The second kappa shape index (κ2) is 4.72. The number of benzene rings is 1. The van der Waals surface area contributed by atoms with Crippen LogP contribution in [0, 0.1) is 0 Å². The van der Waals surface area contributed by atoms with Crippen molar-refractivity contribution in [1.29, 1.82) is 0 Å². The number of nitrogens with one attached hydrogen (secondary N) is 1. The Balaban J connectivity index is 2.95.